The van der Waals surface area contributed by atoms with Crippen molar-refractivity contribution in [3.05, 3.63) is 23.4 Å². The van der Waals surface area contributed by atoms with Gasteiger partial charge in [0.05, 0.1) is 0 Å². The quantitative estimate of drug-likeness (QED) is 0.843. The maximum absolute atomic E-state index is 11.5. The van der Waals surface area contributed by atoms with E-state index in [0.29, 0.717) is 5.56 Å². The summed E-state index contributed by atoms with van der Waals surface area (Å²) in [5.41, 5.74) is -0.189. The number of anilines is 1. The Kier molecular flexibility index (Phi) is 3.90. The third-order valence-corrected chi connectivity index (χ3v) is 1.93. The molecule has 98 valence electrons. The zero-order valence-electron chi connectivity index (χ0n) is 10.8. The van der Waals surface area contributed by atoms with E-state index in [0.717, 1.165) is 0 Å². The number of carboxylic acid groups (broad SMARTS) is 1. The first kappa shape index (κ1) is 14.0. The normalized spacial score (nSPS) is 10.9. The first-order valence-electron chi connectivity index (χ1n) is 5.40. The van der Waals surface area contributed by atoms with Crippen LogP contribution in [0.4, 0.5) is 10.6 Å². The molecule has 1 amide bonds. The van der Waals surface area contributed by atoms with Crippen molar-refractivity contribution in [1.82, 2.24) is 4.98 Å². The van der Waals surface area contributed by atoms with Crippen LogP contribution in [-0.4, -0.2) is 27.8 Å². The first-order chi connectivity index (χ1) is 8.19. The Hall–Kier alpha value is -2.11. The highest BCUT2D eigenvalue weighted by Crippen LogP contribution is 2.13. The van der Waals surface area contributed by atoms with Crippen LogP contribution < -0.4 is 5.32 Å². The van der Waals surface area contributed by atoms with Crippen molar-refractivity contribution in [2.75, 3.05) is 5.32 Å². The molecule has 0 atom stereocenters. The Morgan fingerprint density at radius 1 is 1.33 bits per heavy atom. The minimum Gasteiger partial charge on any atom is -0.477 e. The van der Waals surface area contributed by atoms with Gasteiger partial charge in [0.25, 0.3) is 0 Å². The number of ether oxygens (including phenoxy) is 1. The Labute approximate surface area is 105 Å². The molecule has 6 heteroatoms. The molecule has 2 N–H and O–H groups in total. The topological polar surface area (TPSA) is 88.5 Å². The van der Waals surface area contributed by atoms with Crippen LogP contribution >= 0.6 is 0 Å². The van der Waals surface area contributed by atoms with Crippen LogP contribution in [0.3, 0.4) is 0 Å². The zero-order chi connectivity index (χ0) is 13.9. The SMILES string of the molecule is Cc1ccc(NC(=O)OC(C)(C)C)nc1C(=O)O. The number of pyridine rings is 1. The third kappa shape index (κ3) is 4.04. The minimum absolute atomic E-state index is 0.0939. The Morgan fingerprint density at radius 2 is 1.94 bits per heavy atom. The number of carbonyl (C=O) groups excluding carboxylic acids is 1. The largest absolute Gasteiger partial charge is 0.477 e. The average molecular weight is 252 g/mol. The number of hydrogen-bond acceptors (Lipinski definition) is 4. The van der Waals surface area contributed by atoms with Gasteiger partial charge in [0.15, 0.2) is 5.69 Å². The fraction of sp³-hybridized carbons (Fsp3) is 0.417. The zero-order valence-corrected chi connectivity index (χ0v) is 10.8. The summed E-state index contributed by atoms with van der Waals surface area (Å²) in [6.45, 7) is 6.83. The lowest BCUT2D eigenvalue weighted by Gasteiger charge is -2.19. The molecule has 0 aliphatic carbocycles. The molecule has 0 aliphatic heterocycles. The van der Waals surface area contributed by atoms with Crippen molar-refractivity contribution in [1.29, 1.82) is 0 Å². The molecule has 1 aromatic heterocycles. The van der Waals surface area contributed by atoms with Gasteiger partial charge in [-0.1, -0.05) is 6.07 Å². The summed E-state index contributed by atoms with van der Waals surface area (Å²) in [5.74, 6) is -0.993. The molecule has 0 saturated heterocycles. The van der Waals surface area contributed by atoms with Gasteiger partial charge < -0.3 is 9.84 Å². The fourth-order valence-corrected chi connectivity index (χ4v) is 1.22. The predicted octanol–water partition coefficient (Wildman–Crippen LogP) is 2.44. The van der Waals surface area contributed by atoms with E-state index in [1.165, 1.54) is 6.07 Å². The molecule has 0 aliphatic rings. The molecule has 0 spiro atoms. The van der Waals surface area contributed by atoms with Gasteiger partial charge in [0, 0.05) is 0 Å². The summed E-state index contributed by atoms with van der Waals surface area (Å²) < 4.78 is 5.03. The summed E-state index contributed by atoms with van der Waals surface area (Å²) in [6, 6.07) is 3.09. The summed E-state index contributed by atoms with van der Waals surface area (Å²) >= 11 is 0. The van der Waals surface area contributed by atoms with Crippen LogP contribution in [0, 0.1) is 6.92 Å². The maximum Gasteiger partial charge on any atom is 0.413 e. The van der Waals surface area contributed by atoms with Crippen molar-refractivity contribution in [3.63, 3.8) is 0 Å². The van der Waals surface area contributed by atoms with Crippen molar-refractivity contribution < 1.29 is 19.4 Å². The molecule has 1 rings (SSSR count). The molecule has 0 saturated carbocycles. The molecule has 0 bridgehead atoms. The molecule has 0 fully saturated rings. The van der Waals surface area contributed by atoms with Crippen LogP contribution in [0.1, 0.15) is 36.8 Å². The monoisotopic (exact) mass is 252 g/mol. The summed E-state index contributed by atoms with van der Waals surface area (Å²) in [4.78, 5) is 26.2. The van der Waals surface area contributed by atoms with E-state index in [4.69, 9.17) is 9.84 Å². The van der Waals surface area contributed by atoms with Crippen LogP contribution in [0.25, 0.3) is 0 Å². The van der Waals surface area contributed by atoms with Crippen LogP contribution in [0.2, 0.25) is 0 Å². The van der Waals surface area contributed by atoms with Crippen molar-refractivity contribution in [2.24, 2.45) is 0 Å². The van der Waals surface area contributed by atoms with Gasteiger partial charge in [-0.2, -0.15) is 0 Å². The molecule has 0 aromatic carbocycles. The summed E-state index contributed by atoms with van der Waals surface area (Å²) in [5, 5.41) is 11.3. The van der Waals surface area contributed by atoms with Gasteiger partial charge in [-0.3, -0.25) is 5.32 Å². The highest BCUT2D eigenvalue weighted by Gasteiger charge is 2.17. The second kappa shape index (κ2) is 5.03. The first-order valence-corrected chi connectivity index (χ1v) is 5.40. The second-order valence-electron chi connectivity index (χ2n) is 4.79. The van der Waals surface area contributed by atoms with E-state index in [1.54, 1.807) is 33.8 Å². The molecule has 18 heavy (non-hydrogen) atoms. The van der Waals surface area contributed by atoms with E-state index in [-0.39, 0.29) is 11.5 Å². The number of rotatable bonds is 2. The molecule has 6 nitrogen and oxygen atoms in total. The summed E-state index contributed by atoms with van der Waals surface area (Å²) in [7, 11) is 0. The number of aromatic carboxylic acids is 1. The smallest absolute Gasteiger partial charge is 0.413 e. The molecular formula is C12H16N2O4. The van der Waals surface area contributed by atoms with Gasteiger partial charge in [-0.15, -0.1) is 0 Å². The second-order valence-corrected chi connectivity index (χ2v) is 4.79. The average Bonchev–Trinajstić information content (AvgIpc) is 2.17. The lowest BCUT2D eigenvalue weighted by Crippen LogP contribution is -2.27. The fourth-order valence-electron chi connectivity index (χ4n) is 1.22. The van der Waals surface area contributed by atoms with E-state index in [2.05, 4.69) is 10.3 Å². The number of carboxylic acids is 1. The van der Waals surface area contributed by atoms with Crippen molar-refractivity contribution in [2.45, 2.75) is 33.3 Å². The lowest BCUT2D eigenvalue weighted by molar-refractivity contribution is 0.0630. The van der Waals surface area contributed by atoms with Gasteiger partial charge in [0.1, 0.15) is 11.4 Å². The number of amides is 1. The number of nitrogens with one attached hydrogen (secondary N) is 1. The van der Waals surface area contributed by atoms with Gasteiger partial charge in [-0.25, -0.2) is 14.6 Å². The molecule has 0 radical (unpaired) electrons. The predicted molar refractivity (Wildman–Crippen MR) is 65.8 cm³/mol. The Morgan fingerprint density at radius 3 is 2.44 bits per heavy atom. The molecule has 0 unspecified atom stereocenters. The number of aryl methyl sites for hydroxylation is 1. The number of aromatic nitrogens is 1. The maximum atomic E-state index is 11.5. The van der Waals surface area contributed by atoms with E-state index in [9.17, 15) is 9.59 Å². The number of hydrogen-bond donors (Lipinski definition) is 2. The van der Waals surface area contributed by atoms with Crippen LogP contribution in [0.15, 0.2) is 12.1 Å². The molecule has 1 heterocycles. The van der Waals surface area contributed by atoms with E-state index >= 15 is 0 Å². The third-order valence-electron chi connectivity index (χ3n) is 1.93. The Balaban J connectivity index is 2.83. The van der Waals surface area contributed by atoms with Crippen molar-refractivity contribution >= 4 is 17.9 Å². The molecular weight excluding hydrogens is 236 g/mol. The van der Waals surface area contributed by atoms with Crippen molar-refractivity contribution in [3.8, 4) is 0 Å². The van der Waals surface area contributed by atoms with Crippen LogP contribution in [-0.2, 0) is 4.74 Å². The van der Waals surface area contributed by atoms with Gasteiger partial charge in [-0.05, 0) is 39.3 Å². The van der Waals surface area contributed by atoms with Crippen LogP contribution in [0.5, 0.6) is 0 Å². The number of nitrogens with zero attached hydrogens (tertiary/aromatic N) is 1. The highest BCUT2D eigenvalue weighted by molar-refractivity contribution is 5.89. The lowest BCUT2D eigenvalue weighted by atomic mass is 10.2. The number of carbonyl (C=O) groups is 2. The minimum atomic E-state index is -1.14. The highest BCUT2D eigenvalue weighted by atomic mass is 16.6. The standard InChI is InChI=1S/C12H16N2O4/c1-7-5-6-8(13-9(7)10(15)16)14-11(17)18-12(2,3)4/h5-6H,1-4H3,(H,15,16)(H,13,14,17). The molecule has 1 aromatic rings. The summed E-state index contributed by atoms with van der Waals surface area (Å²) in [6.07, 6.45) is -0.671. The Bertz CT molecular complexity index is 477. The van der Waals surface area contributed by atoms with E-state index < -0.39 is 17.7 Å². The van der Waals surface area contributed by atoms with E-state index in [1.807, 2.05) is 0 Å². The van der Waals surface area contributed by atoms with Gasteiger partial charge >= 0.3 is 12.1 Å². The van der Waals surface area contributed by atoms with Gasteiger partial charge in [0.2, 0.25) is 0 Å².